The van der Waals surface area contributed by atoms with Crippen LogP contribution >= 0.6 is 23.2 Å². The molecule has 12 heteroatoms. The van der Waals surface area contributed by atoms with Crippen molar-refractivity contribution in [2.75, 3.05) is 23.3 Å². The molecule has 1 aliphatic rings. The van der Waals surface area contributed by atoms with Gasteiger partial charge in [-0.2, -0.15) is 4.68 Å². The number of benzene rings is 1. The minimum Gasteiger partial charge on any atom is -0.370 e. The summed E-state index contributed by atoms with van der Waals surface area (Å²) in [5.74, 6) is -0.420. The van der Waals surface area contributed by atoms with E-state index in [0.717, 1.165) is 36.3 Å². The lowest BCUT2D eigenvalue weighted by Gasteiger charge is -2.33. The van der Waals surface area contributed by atoms with Gasteiger partial charge in [-0.15, -0.1) is 0 Å². The smallest absolute Gasteiger partial charge is 0.365 e. The zero-order valence-electron chi connectivity index (χ0n) is 16.1. The van der Waals surface area contributed by atoms with E-state index in [1.165, 1.54) is 0 Å². The van der Waals surface area contributed by atoms with Crippen molar-refractivity contribution in [2.45, 2.75) is 25.8 Å². The molecular formula is C18H20Cl2N8O2. The molecule has 3 aromatic rings. The van der Waals surface area contributed by atoms with Gasteiger partial charge in [-0.3, -0.25) is 4.79 Å². The lowest BCUT2D eigenvalue weighted by Crippen LogP contribution is -2.40. The average Bonchev–Trinajstić information content (AvgIpc) is 3.27. The molecule has 0 bridgehead atoms. The molecular weight excluding hydrogens is 431 g/mol. The van der Waals surface area contributed by atoms with E-state index in [4.69, 9.17) is 28.9 Å². The summed E-state index contributed by atoms with van der Waals surface area (Å²) in [6, 6.07) is 5.31. The molecule has 0 aliphatic carbocycles. The number of halogens is 2. The third-order valence-corrected chi connectivity index (χ3v) is 6.05. The van der Waals surface area contributed by atoms with Crippen LogP contribution in [-0.4, -0.2) is 50.2 Å². The van der Waals surface area contributed by atoms with Gasteiger partial charge in [0.05, 0.1) is 27.1 Å². The van der Waals surface area contributed by atoms with Crippen molar-refractivity contribution in [3.8, 4) is 5.69 Å². The molecule has 1 amide bonds. The summed E-state index contributed by atoms with van der Waals surface area (Å²) < 4.78 is 1.15. The van der Waals surface area contributed by atoms with Crippen LogP contribution in [0.4, 0.5) is 11.4 Å². The number of nitrogens with zero attached hydrogens (tertiary/aromatic N) is 4. The van der Waals surface area contributed by atoms with E-state index in [0.29, 0.717) is 22.1 Å². The van der Waals surface area contributed by atoms with Crippen LogP contribution < -0.4 is 21.6 Å². The van der Waals surface area contributed by atoms with Gasteiger partial charge < -0.3 is 20.9 Å². The van der Waals surface area contributed by atoms with Crippen LogP contribution in [0.25, 0.3) is 5.69 Å². The molecule has 1 aromatic carbocycles. The van der Waals surface area contributed by atoms with E-state index < -0.39 is 11.6 Å². The second-order valence-electron chi connectivity index (χ2n) is 7.15. The number of anilines is 2. The third-order valence-electron chi connectivity index (χ3n) is 5.11. The van der Waals surface area contributed by atoms with Crippen molar-refractivity contribution in [3.05, 3.63) is 50.1 Å². The first-order chi connectivity index (χ1) is 14.3. The summed E-state index contributed by atoms with van der Waals surface area (Å²) >= 11 is 12.3. The Labute approximate surface area is 181 Å². The first kappa shape index (κ1) is 20.5. The first-order valence-electron chi connectivity index (χ1n) is 9.35. The fraction of sp³-hybridized carbons (Fsp3) is 0.333. The monoisotopic (exact) mass is 450 g/mol. The molecule has 5 N–H and O–H groups in total. The van der Waals surface area contributed by atoms with Gasteiger partial charge in [0.25, 0.3) is 5.91 Å². The summed E-state index contributed by atoms with van der Waals surface area (Å²) in [4.78, 5) is 29.8. The maximum atomic E-state index is 12.8. The number of aromatic amines is 2. The summed E-state index contributed by atoms with van der Waals surface area (Å²) in [6.45, 7) is 3.17. The highest BCUT2D eigenvalue weighted by Gasteiger charge is 2.23. The highest BCUT2D eigenvalue weighted by Crippen LogP contribution is 2.33. The molecule has 3 heterocycles. The number of hydrogen-bond donors (Lipinski definition) is 4. The number of H-pyrrole nitrogens is 2. The number of carbonyl (C=O) groups is 1. The van der Waals surface area contributed by atoms with Crippen LogP contribution in [0, 0.1) is 6.92 Å². The highest BCUT2D eigenvalue weighted by molar-refractivity contribution is 6.44. The molecule has 4 rings (SSSR count). The van der Waals surface area contributed by atoms with Crippen LogP contribution in [0.15, 0.2) is 23.0 Å². The largest absolute Gasteiger partial charge is 0.370 e. The molecule has 0 atom stereocenters. The van der Waals surface area contributed by atoms with Gasteiger partial charge in [0.15, 0.2) is 0 Å². The van der Waals surface area contributed by atoms with Crippen molar-refractivity contribution in [3.63, 3.8) is 0 Å². The minimum atomic E-state index is -0.457. The zero-order valence-corrected chi connectivity index (χ0v) is 17.6. The Hall–Kier alpha value is -2.82. The third kappa shape index (κ3) is 3.81. The topological polar surface area (TPSA) is 138 Å². The summed E-state index contributed by atoms with van der Waals surface area (Å²) in [5, 5.41) is 12.9. The number of aromatic nitrogens is 5. The number of aryl methyl sites for hydroxylation is 1. The molecule has 0 unspecified atom stereocenters. The average molecular weight is 451 g/mol. The molecule has 0 spiro atoms. The number of amides is 1. The van der Waals surface area contributed by atoms with Crippen molar-refractivity contribution in [1.29, 1.82) is 0 Å². The highest BCUT2D eigenvalue weighted by atomic mass is 35.5. The molecule has 1 aliphatic heterocycles. The quantitative estimate of drug-likeness (QED) is 0.479. The molecule has 1 fully saturated rings. The summed E-state index contributed by atoms with van der Waals surface area (Å²) in [6.07, 6.45) is 1.64. The number of piperidine rings is 1. The summed E-state index contributed by atoms with van der Waals surface area (Å²) in [5.41, 5.74) is 8.20. The number of nitrogens with two attached hydrogens (primary N) is 1. The van der Waals surface area contributed by atoms with Crippen molar-refractivity contribution in [2.24, 2.45) is 5.73 Å². The Morgan fingerprint density at radius 2 is 2.00 bits per heavy atom. The molecule has 10 nitrogen and oxygen atoms in total. The number of tetrazole rings is 1. The minimum absolute atomic E-state index is 0.142. The molecule has 2 aromatic heterocycles. The Bertz CT molecular complexity index is 1140. The van der Waals surface area contributed by atoms with Crippen molar-refractivity contribution in [1.82, 2.24) is 25.2 Å². The predicted molar refractivity (Wildman–Crippen MR) is 115 cm³/mol. The van der Waals surface area contributed by atoms with Crippen LogP contribution in [0.5, 0.6) is 0 Å². The van der Waals surface area contributed by atoms with Gasteiger partial charge in [0, 0.05) is 24.8 Å². The Morgan fingerprint density at radius 1 is 1.27 bits per heavy atom. The normalized spacial score (nSPS) is 14.9. The van der Waals surface area contributed by atoms with Crippen molar-refractivity contribution >= 4 is 40.5 Å². The molecule has 158 valence electrons. The second-order valence-corrected chi connectivity index (χ2v) is 7.91. The van der Waals surface area contributed by atoms with Crippen LogP contribution in [0.3, 0.4) is 0 Å². The Kier molecular flexibility index (Phi) is 5.54. The molecule has 0 saturated carbocycles. The maximum Gasteiger partial charge on any atom is 0.365 e. The van der Waals surface area contributed by atoms with Gasteiger partial charge in [-0.1, -0.05) is 23.2 Å². The van der Waals surface area contributed by atoms with E-state index >= 15 is 0 Å². The first-order valence-corrected chi connectivity index (χ1v) is 10.1. The SMILES string of the molecule is Cc1[nH]c(C(=O)Nc2ccc(-n3nn[nH]c3=O)cc2N2CCC(N)CC2)c(Cl)c1Cl. The second kappa shape index (κ2) is 8.13. The van der Waals surface area contributed by atoms with E-state index in [2.05, 4.69) is 30.7 Å². The molecule has 0 radical (unpaired) electrons. The van der Waals surface area contributed by atoms with Gasteiger partial charge in [-0.25, -0.2) is 9.89 Å². The van der Waals surface area contributed by atoms with Gasteiger partial charge in [0.1, 0.15) is 5.69 Å². The fourth-order valence-electron chi connectivity index (χ4n) is 3.44. The van der Waals surface area contributed by atoms with Crippen LogP contribution in [-0.2, 0) is 0 Å². The van der Waals surface area contributed by atoms with Crippen molar-refractivity contribution < 1.29 is 4.79 Å². The summed E-state index contributed by atoms with van der Waals surface area (Å²) in [7, 11) is 0. The van der Waals surface area contributed by atoms with Gasteiger partial charge >= 0.3 is 5.69 Å². The lowest BCUT2D eigenvalue weighted by molar-refractivity contribution is 0.102. The van der Waals surface area contributed by atoms with Crippen LogP contribution in [0.2, 0.25) is 10.0 Å². The number of hydrogen-bond acceptors (Lipinski definition) is 6. The standard InChI is InChI=1S/C18H20Cl2N8O2/c1-9-14(19)15(20)16(22-9)17(29)23-12-3-2-11(28-18(30)24-25-26-28)8-13(12)27-6-4-10(21)5-7-27/h2-3,8,10,22H,4-7,21H2,1H3,(H,23,29)(H,24,26,30). The number of rotatable bonds is 4. The van der Waals surface area contributed by atoms with E-state index in [9.17, 15) is 9.59 Å². The van der Waals surface area contributed by atoms with E-state index in [1.807, 2.05) is 0 Å². The Balaban J connectivity index is 1.71. The Morgan fingerprint density at radius 3 is 2.60 bits per heavy atom. The number of carbonyl (C=O) groups excluding carboxylic acids is 1. The fourth-order valence-corrected chi connectivity index (χ4v) is 3.86. The maximum absolute atomic E-state index is 12.8. The molecule has 30 heavy (non-hydrogen) atoms. The predicted octanol–water partition coefficient (Wildman–Crippen LogP) is 2.08. The van der Waals surface area contributed by atoms with Crippen LogP contribution in [0.1, 0.15) is 29.0 Å². The lowest BCUT2D eigenvalue weighted by atomic mass is 10.0. The van der Waals surface area contributed by atoms with E-state index in [-0.39, 0.29) is 16.8 Å². The molecule has 1 saturated heterocycles. The van der Waals surface area contributed by atoms with Gasteiger partial charge in [-0.05, 0) is 48.4 Å². The zero-order chi connectivity index (χ0) is 21.4. The van der Waals surface area contributed by atoms with Gasteiger partial charge in [0.2, 0.25) is 0 Å². The number of nitrogens with one attached hydrogen (secondary N) is 3. The van der Waals surface area contributed by atoms with E-state index in [1.54, 1.807) is 25.1 Å².